The van der Waals surface area contributed by atoms with Gasteiger partial charge in [0.1, 0.15) is 18.0 Å². The average Bonchev–Trinajstić information content (AvgIpc) is 3.21. The zero-order valence-corrected chi connectivity index (χ0v) is 17.7. The molecule has 0 fully saturated rings. The summed E-state index contributed by atoms with van der Waals surface area (Å²) in [4.78, 5) is 24.4. The van der Waals surface area contributed by atoms with Crippen LogP contribution in [0.25, 0.3) is 5.69 Å². The van der Waals surface area contributed by atoms with E-state index in [1.54, 1.807) is 16.8 Å². The van der Waals surface area contributed by atoms with E-state index in [1.165, 1.54) is 23.9 Å². The number of nitrogens with zero attached hydrogens (tertiary/aromatic N) is 2. The standard InChI is InChI=1S/C24H26FN3O3/c1-3-22-21(16-27-28(22)20-11-9-19(25)10-12-20)24(30)31-15-14-26-23(29)13-8-18-6-4-17(2)5-7-18/h4-7,9-12,16H,3,8,13-15H2,1-2H3,(H,26,29). The highest BCUT2D eigenvalue weighted by molar-refractivity contribution is 5.90. The van der Waals surface area contributed by atoms with Crippen molar-refractivity contribution >= 4 is 11.9 Å². The number of hydrogen-bond donors (Lipinski definition) is 1. The minimum absolute atomic E-state index is 0.0694. The molecule has 0 unspecified atom stereocenters. The Balaban J connectivity index is 1.47. The van der Waals surface area contributed by atoms with Gasteiger partial charge in [-0.3, -0.25) is 4.79 Å². The number of amides is 1. The van der Waals surface area contributed by atoms with Crippen molar-refractivity contribution in [3.05, 3.63) is 82.9 Å². The fourth-order valence-electron chi connectivity index (χ4n) is 3.20. The van der Waals surface area contributed by atoms with Gasteiger partial charge in [-0.05, 0) is 49.6 Å². The van der Waals surface area contributed by atoms with Crippen LogP contribution in [0.1, 0.15) is 40.5 Å². The van der Waals surface area contributed by atoms with E-state index >= 15 is 0 Å². The Morgan fingerprint density at radius 2 is 1.81 bits per heavy atom. The predicted molar refractivity (Wildman–Crippen MR) is 116 cm³/mol. The van der Waals surface area contributed by atoms with E-state index in [9.17, 15) is 14.0 Å². The third kappa shape index (κ3) is 6.01. The number of carbonyl (C=O) groups is 2. The second-order valence-corrected chi connectivity index (χ2v) is 7.22. The number of carbonyl (C=O) groups excluding carboxylic acids is 2. The van der Waals surface area contributed by atoms with Crippen LogP contribution in [0.5, 0.6) is 0 Å². The van der Waals surface area contributed by atoms with Crippen LogP contribution in [-0.4, -0.2) is 34.8 Å². The molecule has 0 saturated carbocycles. The van der Waals surface area contributed by atoms with Crippen LogP contribution in [-0.2, 0) is 22.4 Å². The number of ether oxygens (including phenoxy) is 1. The molecule has 1 N–H and O–H groups in total. The number of aryl methyl sites for hydroxylation is 2. The van der Waals surface area contributed by atoms with Gasteiger partial charge in [-0.25, -0.2) is 13.9 Å². The molecule has 0 aliphatic heterocycles. The van der Waals surface area contributed by atoms with Gasteiger partial charge in [0, 0.05) is 6.42 Å². The van der Waals surface area contributed by atoms with E-state index in [1.807, 2.05) is 38.1 Å². The van der Waals surface area contributed by atoms with Crippen LogP contribution in [0.2, 0.25) is 0 Å². The first-order valence-corrected chi connectivity index (χ1v) is 10.3. The van der Waals surface area contributed by atoms with Crippen LogP contribution in [0.15, 0.2) is 54.7 Å². The first kappa shape index (κ1) is 22.2. The van der Waals surface area contributed by atoms with Crippen molar-refractivity contribution in [2.45, 2.75) is 33.1 Å². The van der Waals surface area contributed by atoms with Crippen molar-refractivity contribution in [1.29, 1.82) is 0 Å². The molecule has 0 saturated heterocycles. The molecular weight excluding hydrogens is 397 g/mol. The number of nitrogens with one attached hydrogen (secondary N) is 1. The predicted octanol–water partition coefficient (Wildman–Crippen LogP) is 3.79. The molecule has 0 aliphatic rings. The molecular formula is C24H26FN3O3. The lowest BCUT2D eigenvalue weighted by Crippen LogP contribution is -2.28. The normalized spacial score (nSPS) is 10.7. The molecule has 3 rings (SSSR count). The lowest BCUT2D eigenvalue weighted by Gasteiger charge is -2.09. The van der Waals surface area contributed by atoms with Crippen molar-refractivity contribution < 1.29 is 18.7 Å². The zero-order valence-electron chi connectivity index (χ0n) is 17.7. The van der Waals surface area contributed by atoms with Crippen molar-refractivity contribution in [1.82, 2.24) is 15.1 Å². The maximum absolute atomic E-state index is 13.2. The lowest BCUT2D eigenvalue weighted by molar-refractivity contribution is -0.121. The van der Waals surface area contributed by atoms with Crippen LogP contribution >= 0.6 is 0 Å². The summed E-state index contributed by atoms with van der Waals surface area (Å²) in [7, 11) is 0. The zero-order chi connectivity index (χ0) is 22.2. The number of hydrogen-bond acceptors (Lipinski definition) is 4. The topological polar surface area (TPSA) is 73.2 Å². The van der Waals surface area contributed by atoms with Gasteiger partial charge in [-0.1, -0.05) is 36.8 Å². The molecule has 0 radical (unpaired) electrons. The van der Waals surface area contributed by atoms with E-state index in [0.29, 0.717) is 36.2 Å². The Morgan fingerprint density at radius 3 is 2.48 bits per heavy atom. The monoisotopic (exact) mass is 423 g/mol. The van der Waals surface area contributed by atoms with Gasteiger partial charge in [-0.15, -0.1) is 0 Å². The second kappa shape index (κ2) is 10.5. The minimum atomic E-state index is -0.501. The van der Waals surface area contributed by atoms with Crippen molar-refractivity contribution in [2.75, 3.05) is 13.2 Å². The first-order chi connectivity index (χ1) is 15.0. The summed E-state index contributed by atoms with van der Waals surface area (Å²) in [5, 5.41) is 7.01. The van der Waals surface area contributed by atoms with E-state index in [-0.39, 0.29) is 24.9 Å². The van der Waals surface area contributed by atoms with Gasteiger partial charge in [0.25, 0.3) is 0 Å². The first-order valence-electron chi connectivity index (χ1n) is 10.3. The molecule has 162 valence electrons. The fourth-order valence-corrected chi connectivity index (χ4v) is 3.20. The number of esters is 1. The average molecular weight is 423 g/mol. The Bertz CT molecular complexity index is 1030. The Kier molecular flexibility index (Phi) is 7.54. The van der Waals surface area contributed by atoms with E-state index in [2.05, 4.69) is 10.4 Å². The van der Waals surface area contributed by atoms with Crippen LogP contribution in [0, 0.1) is 12.7 Å². The summed E-state index contributed by atoms with van der Waals surface area (Å²) in [6.45, 7) is 4.24. The molecule has 0 aliphatic carbocycles. The number of aromatic nitrogens is 2. The third-order valence-corrected chi connectivity index (χ3v) is 4.91. The number of rotatable bonds is 9. The minimum Gasteiger partial charge on any atom is -0.460 e. The molecule has 1 aromatic heterocycles. The van der Waals surface area contributed by atoms with Gasteiger partial charge in [0.15, 0.2) is 0 Å². The summed E-state index contributed by atoms with van der Waals surface area (Å²) in [6, 6.07) is 14.0. The summed E-state index contributed by atoms with van der Waals surface area (Å²) < 4.78 is 20.1. The maximum atomic E-state index is 13.2. The summed E-state index contributed by atoms with van der Waals surface area (Å²) in [5.41, 5.74) is 4.00. The molecule has 0 atom stereocenters. The summed E-state index contributed by atoms with van der Waals surface area (Å²) >= 11 is 0. The SMILES string of the molecule is CCc1c(C(=O)OCCNC(=O)CCc2ccc(C)cc2)cnn1-c1ccc(F)cc1. The maximum Gasteiger partial charge on any atom is 0.341 e. The molecule has 31 heavy (non-hydrogen) atoms. The summed E-state index contributed by atoms with van der Waals surface area (Å²) in [5.74, 6) is -0.927. The number of benzene rings is 2. The van der Waals surface area contributed by atoms with Crippen molar-refractivity contribution in [2.24, 2.45) is 0 Å². The Morgan fingerprint density at radius 1 is 1.10 bits per heavy atom. The molecule has 6 nitrogen and oxygen atoms in total. The molecule has 7 heteroatoms. The molecule has 0 spiro atoms. The van der Waals surface area contributed by atoms with E-state index in [0.717, 1.165) is 5.56 Å². The van der Waals surface area contributed by atoms with Gasteiger partial charge >= 0.3 is 5.97 Å². The Hall–Kier alpha value is -3.48. The summed E-state index contributed by atoms with van der Waals surface area (Å²) in [6.07, 6.45) is 3.04. The highest BCUT2D eigenvalue weighted by atomic mass is 19.1. The van der Waals surface area contributed by atoms with Gasteiger partial charge in [0.2, 0.25) is 5.91 Å². The van der Waals surface area contributed by atoms with E-state index < -0.39 is 5.97 Å². The number of halogens is 1. The van der Waals surface area contributed by atoms with Crippen molar-refractivity contribution in [3.8, 4) is 5.69 Å². The highest BCUT2D eigenvalue weighted by Crippen LogP contribution is 2.17. The highest BCUT2D eigenvalue weighted by Gasteiger charge is 2.18. The quantitative estimate of drug-likeness (QED) is 0.420. The Labute approximate surface area is 181 Å². The van der Waals surface area contributed by atoms with Gasteiger partial charge in [0.05, 0.1) is 24.1 Å². The van der Waals surface area contributed by atoms with Crippen LogP contribution in [0.4, 0.5) is 4.39 Å². The second-order valence-electron chi connectivity index (χ2n) is 7.22. The van der Waals surface area contributed by atoms with Crippen LogP contribution < -0.4 is 5.32 Å². The lowest BCUT2D eigenvalue weighted by atomic mass is 10.1. The van der Waals surface area contributed by atoms with Gasteiger partial charge < -0.3 is 10.1 Å². The smallest absolute Gasteiger partial charge is 0.341 e. The molecule has 1 amide bonds. The van der Waals surface area contributed by atoms with E-state index in [4.69, 9.17) is 4.74 Å². The molecule has 2 aromatic carbocycles. The molecule has 3 aromatic rings. The third-order valence-electron chi connectivity index (χ3n) is 4.91. The largest absolute Gasteiger partial charge is 0.460 e. The van der Waals surface area contributed by atoms with Gasteiger partial charge in [-0.2, -0.15) is 5.10 Å². The molecule has 1 heterocycles. The molecule has 0 bridgehead atoms. The van der Waals surface area contributed by atoms with Crippen molar-refractivity contribution in [3.63, 3.8) is 0 Å². The van der Waals surface area contributed by atoms with Crippen LogP contribution in [0.3, 0.4) is 0 Å². The fraction of sp³-hybridized carbons (Fsp3) is 0.292.